The molecule has 0 radical (unpaired) electrons. The number of hydrogen-bond acceptors (Lipinski definition) is 4. The Morgan fingerprint density at radius 3 is 2.59 bits per heavy atom. The van der Waals surface area contributed by atoms with E-state index >= 15 is 0 Å². The van der Waals surface area contributed by atoms with E-state index in [0.717, 1.165) is 42.7 Å². The molecule has 1 atom stereocenters. The summed E-state index contributed by atoms with van der Waals surface area (Å²) in [7, 11) is 0. The summed E-state index contributed by atoms with van der Waals surface area (Å²) in [5.41, 5.74) is 0.807. The number of amides is 1. The fourth-order valence-corrected chi connectivity index (χ4v) is 4.62. The van der Waals surface area contributed by atoms with Crippen LogP contribution in [0.4, 0.5) is 5.82 Å². The van der Waals surface area contributed by atoms with Crippen molar-refractivity contribution < 1.29 is 14.7 Å². The van der Waals surface area contributed by atoms with Crippen molar-refractivity contribution in [2.45, 2.75) is 32.2 Å². The predicted octanol–water partition coefficient (Wildman–Crippen LogP) is 3.18. The molecule has 0 bridgehead atoms. The summed E-state index contributed by atoms with van der Waals surface area (Å²) < 4.78 is 0. The van der Waals surface area contributed by atoms with Crippen LogP contribution in [0, 0.1) is 5.41 Å². The van der Waals surface area contributed by atoms with E-state index in [-0.39, 0.29) is 11.3 Å². The van der Waals surface area contributed by atoms with Gasteiger partial charge in [-0.3, -0.25) is 4.79 Å². The summed E-state index contributed by atoms with van der Waals surface area (Å²) in [4.78, 5) is 31.9. The second-order valence-corrected chi connectivity index (χ2v) is 8.14. The van der Waals surface area contributed by atoms with Gasteiger partial charge in [0.25, 0.3) is 0 Å². The van der Waals surface area contributed by atoms with Crippen LogP contribution in [-0.4, -0.2) is 52.5 Å². The molecule has 2 saturated heterocycles. The molecular weight excluding hydrogens is 366 g/mol. The van der Waals surface area contributed by atoms with Crippen molar-refractivity contribution in [3.05, 3.63) is 35.4 Å². The van der Waals surface area contributed by atoms with Gasteiger partial charge in [0.15, 0.2) is 0 Å². The van der Waals surface area contributed by atoms with Gasteiger partial charge in [0.05, 0.1) is 5.52 Å². The number of aromatic nitrogens is 1. The van der Waals surface area contributed by atoms with Crippen molar-refractivity contribution in [2.24, 2.45) is 5.41 Å². The normalized spacial score (nSPS) is 21.8. The standard InChI is InChI=1S/C20H22ClN3O3/c1-13(25)24-12-20(11-17(24)19(26)27)6-8-23(9-7-20)18-5-2-14-10-15(21)3-4-16(14)22-18/h2-5,10,17H,6-9,11-12H2,1H3,(H,26,27)/t17-/m0/s1. The lowest BCUT2D eigenvalue weighted by molar-refractivity contribution is -0.147. The van der Waals surface area contributed by atoms with Crippen molar-refractivity contribution in [1.82, 2.24) is 9.88 Å². The number of aliphatic carboxylic acids is 1. The van der Waals surface area contributed by atoms with Gasteiger partial charge in [0, 0.05) is 37.0 Å². The first-order valence-corrected chi connectivity index (χ1v) is 9.56. The molecule has 3 heterocycles. The molecular formula is C20H22ClN3O3. The molecule has 0 saturated carbocycles. The number of carbonyl (C=O) groups excluding carboxylic acids is 1. The van der Waals surface area contributed by atoms with Crippen LogP contribution in [0.15, 0.2) is 30.3 Å². The molecule has 6 nitrogen and oxygen atoms in total. The zero-order valence-corrected chi connectivity index (χ0v) is 15.9. The lowest BCUT2D eigenvalue weighted by atomic mass is 9.76. The largest absolute Gasteiger partial charge is 0.480 e. The van der Waals surface area contributed by atoms with Gasteiger partial charge in [-0.15, -0.1) is 0 Å². The molecule has 2 fully saturated rings. The molecule has 27 heavy (non-hydrogen) atoms. The quantitative estimate of drug-likeness (QED) is 0.856. The van der Waals surface area contributed by atoms with Crippen molar-refractivity contribution in [3.8, 4) is 0 Å². The lowest BCUT2D eigenvalue weighted by Crippen LogP contribution is -2.42. The van der Waals surface area contributed by atoms with Crippen LogP contribution in [0.3, 0.4) is 0 Å². The van der Waals surface area contributed by atoms with Gasteiger partial charge < -0.3 is 14.9 Å². The molecule has 2 aromatic rings. The topological polar surface area (TPSA) is 73.7 Å². The summed E-state index contributed by atoms with van der Waals surface area (Å²) >= 11 is 6.04. The minimum atomic E-state index is -0.903. The number of fused-ring (bicyclic) bond motifs is 1. The highest BCUT2D eigenvalue weighted by atomic mass is 35.5. The van der Waals surface area contributed by atoms with E-state index in [1.807, 2.05) is 30.3 Å². The number of piperidine rings is 1. The number of anilines is 1. The Bertz CT molecular complexity index is 884. The van der Waals surface area contributed by atoms with E-state index in [4.69, 9.17) is 16.6 Å². The van der Waals surface area contributed by atoms with Gasteiger partial charge in [0.1, 0.15) is 11.9 Å². The summed E-state index contributed by atoms with van der Waals surface area (Å²) in [5.74, 6) is -0.133. The highest BCUT2D eigenvalue weighted by molar-refractivity contribution is 6.31. The molecule has 7 heteroatoms. The van der Waals surface area contributed by atoms with Gasteiger partial charge in [-0.2, -0.15) is 0 Å². The number of carboxylic acids is 1. The third-order valence-corrected chi connectivity index (χ3v) is 6.22. The van der Waals surface area contributed by atoms with Gasteiger partial charge >= 0.3 is 5.97 Å². The minimum absolute atomic E-state index is 0.102. The molecule has 1 spiro atoms. The second kappa shape index (κ2) is 6.68. The Balaban J connectivity index is 1.50. The smallest absolute Gasteiger partial charge is 0.326 e. The average Bonchev–Trinajstić information content (AvgIpc) is 3.02. The monoisotopic (exact) mass is 387 g/mol. The van der Waals surface area contributed by atoms with Crippen LogP contribution in [0.2, 0.25) is 5.02 Å². The number of nitrogens with zero attached hydrogens (tertiary/aromatic N) is 3. The number of carbonyl (C=O) groups is 2. The van der Waals surface area contributed by atoms with Gasteiger partial charge in [-0.25, -0.2) is 9.78 Å². The van der Waals surface area contributed by atoms with E-state index < -0.39 is 12.0 Å². The van der Waals surface area contributed by atoms with E-state index in [1.54, 1.807) is 0 Å². The van der Waals surface area contributed by atoms with Crippen LogP contribution >= 0.6 is 11.6 Å². The fourth-order valence-electron chi connectivity index (χ4n) is 4.44. The Morgan fingerprint density at radius 2 is 1.96 bits per heavy atom. The Hall–Kier alpha value is -2.34. The van der Waals surface area contributed by atoms with Crippen LogP contribution in [0.1, 0.15) is 26.2 Å². The Morgan fingerprint density at radius 1 is 1.22 bits per heavy atom. The van der Waals surface area contributed by atoms with E-state index in [1.165, 1.54) is 11.8 Å². The first-order chi connectivity index (χ1) is 12.9. The highest BCUT2D eigenvalue weighted by Gasteiger charge is 2.49. The Kier molecular flexibility index (Phi) is 4.46. The van der Waals surface area contributed by atoms with E-state index in [0.29, 0.717) is 18.0 Å². The summed E-state index contributed by atoms with van der Waals surface area (Å²) in [6.07, 6.45) is 2.27. The Labute approximate surface area is 162 Å². The minimum Gasteiger partial charge on any atom is -0.480 e. The molecule has 2 aliphatic rings. The number of pyridine rings is 1. The number of benzene rings is 1. The molecule has 142 valence electrons. The van der Waals surface area contributed by atoms with Gasteiger partial charge in [0.2, 0.25) is 5.91 Å². The van der Waals surface area contributed by atoms with Crippen LogP contribution < -0.4 is 4.90 Å². The maximum atomic E-state index is 11.9. The number of halogens is 1. The molecule has 0 unspecified atom stereocenters. The van der Waals surface area contributed by atoms with E-state index in [9.17, 15) is 14.7 Å². The number of carboxylic acid groups (broad SMARTS) is 1. The predicted molar refractivity (Wildman–Crippen MR) is 104 cm³/mol. The third kappa shape index (κ3) is 3.34. The van der Waals surface area contributed by atoms with E-state index in [2.05, 4.69) is 4.90 Å². The van der Waals surface area contributed by atoms with Crippen LogP contribution in [0.25, 0.3) is 10.9 Å². The molecule has 1 aromatic heterocycles. The third-order valence-electron chi connectivity index (χ3n) is 5.98. The average molecular weight is 388 g/mol. The zero-order chi connectivity index (χ0) is 19.2. The molecule has 1 amide bonds. The molecule has 1 aromatic carbocycles. The zero-order valence-electron chi connectivity index (χ0n) is 15.2. The van der Waals surface area contributed by atoms with Gasteiger partial charge in [-0.1, -0.05) is 11.6 Å². The van der Waals surface area contributed by atoms with Crippen molar-refractivity contribution in [1.29, 1.82) is 0 Å². The maximum absolute atomic E-state index is 11.9. The summed E-state index contributed by atoms with van der Waals surface area (Å²) in [5, 5.41) is 11.2. The molecule has 2 aliphatic heterocycles. The number of likely N-dealkylation sites (tertiary alicyclic amines) is 1. The first-order valence-electron chi connectivity index (χ1n) is 9.18. The SMILES string of the molecule is CC(=O)N1CC2(CCN(c3ccc4cc(Cl)ccc4n3)CC2)C[C@H]1C(=O)O. The second-order valence-electron chi connectivity index (χ2n) is 7.70. The fraction of sp³-hybridized carbons (Fsp3) is 0.450. The molecule has 0 aliphatic carbocycles. The first kappa shape index (κ1) is 18.0. The van der Waals surface area contributed by atoms with Crippen molar-refractivity contribution in [3.63, 3.8) is 0 Å². The molecule has 1 N–H and O–H groups in total. The van der Waals surface area contributed by atoms with Gasteiger partial charge in [-0.05, 0) is 55.0 Å². The van der Waals surface area contributed by atoms with Crippen LogP contribution in [0.5, 0.6) is 0 Å². The maximum Gasteiger partial charge on any atom is 0.326 e. The number of rotatable bonds is 2. The summed E-state index contributed by atoms with van der Waals surface area (Å²) in [6.45, 7) is 3.61. The lowest BCUT2D eigenvalue weighted by Gasteiger charge is -2.39. The summed E-state index contributed by atoms with van der Waals surface area (Å²) in [6, 6.07) is 9.00. The molecule has 4 rings (SSSR count). The number of hydrogen-bond donors (Lipinski definition) is 1. The van der Waals surface area contributed by atoms with Crippen LogP contribution in [-0.2, 0) is 9.59 Å². The highest BCUT2D eigenvalue weighted by Crippen LogP contribution is 2.44. The van der Waals surface area contributed by atoms with Crippen molar-refractivity contribution in [2.75, 3.05) is 24.5 Å². The van der Waals surface area contributed by atoms with Crippen molar-refractivity contribution >= 4 is 40.2 Å².